The molecule has 2 aromatic rings. The van der Waals surface area contributed by atoms with Gasteiger partial charge in [0, 0.05) is 12.7 Å². The van der Waals surface area contributed by atoms with Crippen LogP contribution in [0.4, 0.5) is 4.39 Å². The first-order valence-electron chi connectivity index (χ1n) is 8.65. The average Bonchev–Trinajstić information content (AvgIpc) is 3.07. The minimum atomic E-state index is -0.503. The van der Waals surface area contributed by atoms with Crippen LogP contribution in [0.3, 0.4) is 0 Å². The van der Waals surface area contributed by atoms with Crippen LogP contribution in [0, 0.1) is 11.7 Å². The van der Waals surface area contributed by atoms with Crippen LogP contribution in [0.5, 0.6) is 0 Å². The fraction of sp³-hybridized carbons (Fsp3) is 0.350. The molecular formula is C20H21FN2O3. The Labute approximate surface area is 151 Å². The maximum atomic E-state index is 13.3. The van der Waals surface area contributed by atoms with E-state index in [1.165, 1.54) is 12.1 Å². The van der Waals surface area contributed by atoms with E-state index in [9.17, 15) is 14.0 Å². The molecule has 5 nitrogen and oxygen atoms in total. The molecule has 2 atom stereocenters. The van der Waals surface area contributed by atoms with Crippen molar-refractivity contribution in [2.24, 2.45) is 5.92 Å². The number of esters is 1. The monoisotopic (exact) mass is 356 g/mol. The lowest BCUT2D eigenvalue weighted by molar-refractivity contribution is -0.153. The molecule has 2 heterocycles. The summed E-state index contributed by atoms with van der Waals surface area (Å²) in [5.41, 5.74) is 1.02. The van der Waals surface area contributed by atoms with E-state index in [2.05, 4.69) is 4.98 Å². The highest BCUT2D eigenvalue weighted by atomic mass is 19.1. The van der Waals surface area contributed by atoms with Crippen LogP contribution in [-0.2, 0) is 9.53 Å². The van der Waals surface area contributed by atoms with E-state index in [0.29, 0.717) is 24.2 Å². The number of rotatable bonds is 4. The zero-order valence-electron chi connectivity index (χ0n) is 14.8. The van der Waals surface area contributed by atoms with Crippen molar-refractivity contribution in [3.05, 3.63) is 65.7 Å². The molecular weight excluding hydrogens is 335 g/mol. The summed E-state index contributed by atoms with van der Waals surface area (Å²) in [6.45, 7) is 3.99. The molecule has 1 aliphatic heterocycles. The van der Waals surface area contributed by atoms with Crippen molar-refractivity contribution in [2.75, 3.05) is 6.54 Å². The van der Waals surface area contributed by atoms with Gasteiger partial charge in [0.1, 0.15) is 11.5 Å². The average molecular weight is 356 g/mol. The van der Waals surface area contributed by atoms with E-state index >= 15 is 0 Å². The number of aromatic nitrogens is 1. The molecule has 0 radical (unpaired) electrons. The maximum absolute atomic E-state index is 13.3. The smallest absolute Gasteiger partial charge is 0.311 e. The second-order valence-corrected chi connectivity index (χ2v) is 6.59. The van der Waals surface area contributed by atoms with Crippen LogP contribution in [0.25, 0.3) is 0 Å². The number of pyridine rings is 1. The van der Waals surface area contributed by atoms with Crippen molar-refractivity contribution in [2.45, 2.75) is 32.4 Å². The molecule has 0 saturated carbocycles. The number of carbonyl (C=O) groups is 2. The standard InChI is InChI=1S/C20H21FN2O3/c1-13(2)26-20(25)16-10-12-23(19(24)17-5-3-4-11-22-17)18(16)14-6-8-15(21)9-7-14/h3-9,11,13,16,18H,10,12H2,1-2H3/t16-,18-/m1/s1. The molecule has 1 amide bonds. The van der Waals surface area contributed by atoms with Gasteiger partial charge in [-0.2, -0.15) is 0 Å². The number of benzene rings is 1. The van der Waals surface area contributed by atoms with Gasteiger partial charge in [-0.1, -0.05) is 18.2 Å². The topological polar surface area (TPSA) is 59.5 Å². The summed E-state index contributed by atoms with van der Waals surface area (Å²) in [5.74, 6) is -1.45. The van der Waals surface area contributed by atoms with Gasteiger partial charge in [0.05, 0.1) is 18.1 Å². The summed E-state index contributed by atoms with van der Waals surface area (Å²) < 4.78 is 18.7. The summed E-state index contributed by atoms with van der Waals surface area (Å²) in [6.07, 6.45) is 1.81. The Kier molecular flexibility index (Phi) is 5.30. The van der Waals surface area contributed by atoms with Crippen LogP contribution >= 0.6 is 0 Å². The predicted octanol–water partition coefficient (Wildman–Crippen LogP) is 3.38. The van der Waals surface area contributed by atoms with Crippen molar-refractivity contribution in [1.29, 1.82) is 0 Å². The molecule has 1 fully saturated rings. The number of nitrogens with zero attached hydrogens (tertiary/aromatic N) is 2. The molecule has 0 spiro atoms. The molecule has 0 bridgehead atoms. The van der Waals surface area contributed by atoms with E-state index < -0.39 is 12.0 Å². The van der Waals surface area contributed by atoms with Gasteiger partial charge in [-0.05, 0) is 50.1 Å². The van der Waals surface area contributed by atoms with Gasteiger partial charge in [-0.25, -0.2) is 4.39 Å². The molecule has 136 valence electrons. The zero-order valence-corrected chi connectivity index (χ0v) is 14.8. The second-order valence-electron chi connectivity index (χ2n) is 6.59. The summed E-state index contributed by atoms with van der Waals surface area (Å²) in [5, 5.41) is 0. The first-order valence-corrected chi connectivity index (χ1v) is 8.65. The molecule has 1 aliphatic rings. The van der Waals surface area contributed by atoms with Crippen LogP contribution in [0.15, 0.2) is 48.7 Å². The predicted molar refractivity (Wildman–Crippen MR) is 93.7 cm³/mol. The number of carbonyl (C=O) groups excluding carboxylic acids is 2. The molecule has 6 heteroatoms. The third-order valence-electron chi connectivity index (χ3n) is 4.41. The Bertz CT molecular complexity index is 777. The number of amides is 1. The Morgan fingerprint density at radius 1 is 1.19 bits per heavy atom. The van der Waals surface area contributed by atoms with Crippen LogP contribution in [0.2, 0.25) is 0 Å². The minimum Gasteiger partial charge on any atom is -0.463 e. The lowest BCUT2D eigenvalue weighted by atomic mass is 9.93. The SMILES string of the molecule is CC(C)OC(=O)[C@@H]1CCN(C(=O)c2ccccn2)[C@@H]1c1ccc(F)cc1. The van der Waals surface area contributed by atoms with Crippen molar-refractivity contribution < 1.29 is 18.7 Å². The molecule has 1 aromatic heterocycles. The number of halogens is 1. The zero-order chi connectivity index (χ0) is 18.7. The highest BCUT2D eigenvalue weighted by Gasteiger charge is 2.43. The molecule has 1 aromatic carbocycles. The van der Waals surface area contributed by atoms with Gasteiger partial charge in [-0.3, -0.25) is 14.6 Å². The molecule has 0 aliphatic carbocycles. The first kappa shape index (κ1) is 18.0. The third kappa shape index (κ3) is 3.74. The van der Waals surface area contributed by atoms with Gasteiger partial charge < -0.3 is 9.64 Å². The lowest BCUT2D eigenvalue weighted by Crippen LogP contribution is -2.35. The maximum Gasteiger partial charge on any atom is 0.311 e. The van der Waals surface area contributed by atoms with Gasteiger partial charge in [-0.15, -0.1) is 0 Å². The third-order valence-corrected chi connectivity index (χ3v) is 4.41. The van der Waals surface area contributed by atoms with E-state index in [0.717, 1.165) is 0 Å². The number of hydrogen-bond acceptors (Lipinski definition) is 4. The quantitative estimate of drug-likeness (QED) is 0.788. The number of likely N-dealkylation sites (tertiary alicyclic amines) is 1. The van der Waals surface area contributed by atoms with Crippen LogP contribution < -0.4 is 0 Å². The van der Waals surface area contributed by atoms with E-state index in [1.54, 1.807) is 55.3 Å². The number of hydrogen-bond donors (Lipinski definition) is 0. The molecule has 26 heavy (non-hydrogen) atoms. The molecule has 0 unspecified atom stereocenters. The summed E-state index contributed by atoms with van der Waals surface area (Å²) in [4.78, 5) is 31.2. The van der Waals surface area contributed by atoms with Gasteiger partial charge in [0.2, 0.25) is 0 Å². The Morgan fingerprint density at radius 3 is 2.54 bits per heavy atom. The Morgan fingerprint density at radius 2 is 1.92 bits per heavy atom. The molecule has 0 N–H and O–H groups in total. The Hall–Kier alpha value is -2.76. The van der Waals surface area contributed by atoms with E-state index in [4.69, 9.17) is 4.74 Å². The second kappa shape index (κ2) is 7.64. The summed E-state index contributed by atoms with van der Waals surface area (Å²) in [7, 11) is 0. The van der Waals surface area contributed by atoms with Crippen molar-refractivity contribution in [1.82, 2.24) is 9.88 Å². The number of ether oxygens (including phenoxy) is 1. The summed E-state index contributed by atoms with van der Waals surface area (Å²) >= 11 is 0. The van der Waals surface area contributed by atoms with Crippen LogP contribution in [-0.4, -0.2) is 34.4 Å². The highest BCUT2D eigenvalue weighted by molar-refractivity contribution is 5.93. The van der Waals surface area contributed by atoms with Gasteiger partial charge in [0.25, 0.3) is 5.91 Å². The Balaban J connectivity index is 1.94. The molecule has 1 saturated heterocycles. The van der Waals surface area contributed by atoms with Crippen molar-refractivity contribution in [3.8, 4) is 0 Å². The largest absolute Gasteiger partial charge is 0.463 e. The van der Waals surface area contributed by atoms with Crippen LogP contribution in [0.1, 0.15) is 42.4 Å². The van der Waals surface area contributed by atoms with Crippen molar-refractivity contribution in [3.63, 3.8) is 0 Å². The fourth-order valence-electron chi connectivity index (χ4n) is 3.30. The first-order chi connectivity index (χ1) is 12.5. The van der Waals surface area contributed by atoms with E-state index in [1.807, 2.05) is 0 Å². The fourth-order valence-corrected chi connectivity index (χ4v) is 3.30. The van der Waals surface area contributed by atoms with Crippen molar-refractivity contribution >= 4 is 11.9 Å². The minimum absolute atomic E-state index is 0.239. The van der Waals surface area contributed by atoms with Gasteiger partial charge in [0.15, 0.2) is 0 Å². The highest BCUT2D eigenvalue weighted by Crippen LogP contribution is 2.39. The molecule has 3 rings (SSSR count). The normalized spacial score (nSPS) is 19.6. The van der Waals surface area contributed by atoms with E-state index in [-0.39, 0.29) is 23.8 Å². The van der Waals surface area contributed by atoms with Gasteiger partial charge >= 0.3 is 5.97 Å². The summed E-state index contributed by atoms with van der Waals surface area (Å²) in [6, 6.07) is 10.5. The lowest BCUT2D eigenvalue weighted by Gasteiger charge is -2.28.